The molecule has 5 heteroatoms. The van der Waals surface area contributed by atoms with Crippen LogP contribution >= 0.6 is 11.3 Å². The Morgan fingerprint density at radius 1 is 1.41 bits per heavy atom. The van der Waals surface area contributed by atoms with Gasteiger partial charge in [0.05, 0.1) is 11.2 Å². The zero-order valence-electron chi connectivity index (χ0n) is 14.1. The zero-order chi connectivity index (χ0) is 15.4. The number of aryl methyl sites for hydroxylation is 1. The highest BCUT2D eigenvalue weighted by molar-refractivity contribution is 7.09. The Balaban J connectivity index is 1.39. The minimum atomic E-state index is 0.842. The standard InChI is InChI=1S/C17H30N4S/c1-14-17(22-13-19-14)12-20(2)9-16-5-7-21(11-16)10-15-4-3-6-18-8-15/h13,15-16,18H,3-12H2,1-2H3. The van der Waals surface area contributed by atoms with Crippen LogP contribution in [0, 0.1) is 18.8 Å². The molecule has 0 spiro atoms. The highest BCUT2D eigenvalue weighted by Crippen LogP contribution is 2.22. The monoisotopic (exact) mass is 322 g/mol. The van der Waals surface area contributed by atoms with Crippen LogP contribution in [0.4, 0.5) is 0 Å². The molecule has 0 saturated carbocycles. The first-order chi connectivity index (χ1) is 10.7. The quantitative estimate of drug-likeness (QED) is 0.870. The third-order valence-corrected chi connectivity index (χ3v) is 6.03. The summed E-state index contributed by atoms with van der Waals surface area (Å²) in [6, 6.07) is 0. The molecule has 2 fully saturated rings. The molecular formula is C17H30N4S. The van der Waals surface area contributed by atoms with Crippen LogP contribution < -0.4 is 5.32 Å². The van der Waals surface area contributed by atoms with Gasteiger partial charge < -0.3 is 15.1 Å². The van der Waals surface area contributed by atoms with Gasteiger partial charge in [0.2, 0.25) is 0 Å². The molecule has 0 bridgehead atoms. The molecule has 4 nitrogen and oxygen atoms in total. The lowest BCUT2D eigenvalue weighted by molar-refractivity contribution is 0.223. The number of thiazole rings is 1. The number of aromatic nitrogens is 1. The average Bonchev–Trinajstić information content (AvgIpc) is 3.10. The minimum absolute atomic E-state index is 0.842. The Hall–Kier alpha value is -0.490. The molecule has 22 heavy (non-hydrogen) atoms. The molecule has 1 N–H and O–H groups in total. The van der Waals surface area contributed by atoms with Crippen LogP contribution in [0.1, 0.15) is 29.8 Å². The van der Waals surface area contributed by atoms with Gasteiger partial charge >= 0.3 is 0 Å². The van der Waals surface area contributed by atoms with Crippen molar-refractivity contribution in [1.29, 1.82) is 0 Å². The molecule has 1 aromatic heterocycles. The summed E-state index contributed by atoms with van der Waals surface area (Å²) in [5.41, 5.74) is 3.17. The summed E-state index contributed by atoms with van der Waals surface area (Å²) in [6.07, 6.45) is 4.14. The Morgan fingerprint density at radius 3 is 3.05 bits per heavy atom. The van der Waals surface area contributed by atoms with E-state index in [9.17, 15) is 0 Å². The first-order valence-corrected chi connectivity index (χ1v) is 9.59. The number of hydrogen-bond acceptors (Lipinski definition) is 5. The molecule has 2 unspecified atom stereocenters. The third kappa shape index (κ3) is 4.51. The van der Waals surface area contributed by atoms with Gasteiger partial charge in [-0.15, -0.1) is 11.3 Å². The molecule has 2 saturated heterocycles. The van der Waals surface area contributed by atoms with Crippen molar-refractivity contribution >= 4 is 11.3 Å². The highest BCUT2D eigenvalue weighted by Gasteiger charge is 2.26. The van der Waals surface area contributed by atoms with Crippen LogP contribution in [0.5, 0.6) is 0 Å². The van der Waals surface area contributed by atoms with E-state index in [4.69, 9.17) is 0 Å². The molecule has 3 rings (SSSR count). The summed E-state index contributed by atoms with van der Waals surface area (Å²) >= 11 is 1.79. The lowest BCUT2D eigenvalue weighted by Gasteiger charge is -2.27. The number of rotatable bonds is 6. The maximum absolute atomic E-state index is 4.36. The van der Waals surface area contributed by atoms with Gasteiger partial charge in [0.15, 0.2) is 0 Å². The van der Waals surface area contributed by atoms with Gasteiger partial charge in [-0.2, -0.15) is 0 Å². The fraction of sp³-hybridized carbons (Fsp3) is 0.824. The van der Waals surface area contributed by atoms with E-state index in [1.54, 1.807) is 11.3 Å². The largest absolute Gasteiger partial charge is 0.316 e. The summed E-state index contributed by atoms with van der Waals surface area (Å²) in [6.45, 7) is 10.7. The fourth-order valence-corrected chi connectivity index (χ4v) is 4.76. The second-order valence-corrected chi connectivity index (χ2v) is 8.12. The summed E-state index contributed by atoms with van der Waals surface area (Å²) in [7, 11) is 2.26. The molecule has 2 aliphatic heterocycles. The van der Waals surface area contributed by atoms with Crippen LogP contribution in [0.15, 0.2) is 5.51 Å². The minimum Gasteiger partial charge on any atom is -0.316 e. The zero-order valence-corrected chi connectivity index (χ0v) is 14.9. The van der Waals surface area contributed by atoms with E-state index >= 15 is 0 Å². The van der Waals surface area contributed by atoms with Gasteiger partial charge in [-0.05, 0) is 64.7 Å². The number of nitrogens with zero attached hydrogens (tertiary/aromatic N) is 3. The smallest absolute Gasteiger partial charge is 0.0798 e. The van der Waals surface area contributed by atoms with Crippen LogP contribution in [-0.4, -0.2) is 61.1 Å². The van der Waals surface area contributed by atoms with Crippen LogP contribution in [0.2, 0.25) is 0 Å². The Morgan fingerprint density at radius 2 is 2.32 bits per heavy atom. The van der Waals surface area contributed by atoms with E-state index in [1.165, 1.54) is 69.1 Å². The summed E-state index contributed by atoms with van der Waals surface area (Å²) < 4.78 is 0. The van der Waals surface area contributed by atoms with Crippen LogP contribution in [0.25, 0.3) is 0 Å². The number of likely N-dealkylation sites (tertiary alicyclic amines) is 1. The SMILES string of the molecule is Cc1ncsc1CN(C)CC1CCN(CC2CCCNC2)C1. The van der Waals surface area contributed by atoms with E-state index in [2.05, 4.69) is 34.1 Å². The number of piperidine rings is 1. The number of nitrogens with one attached hydrogen (secondary N) is 1. The predicted octanol–water partition coefficient (Wildman–Crippen LogP) is 2.20. The molecule has 124 valence electrons. The lowest BCUT2D eigenvalue weighted by atomic mass is 9.99. The average molecular weight is 323 g/mol. The number of hydrogen-bond donors (Lipinski definition) is 1. The van der Waals surface area contributed by atoms with E-state index in [0.717, 1.165) is 18.4 Å². The van der Waals surface area contributed by atoms with E-state index in [-0.39, 0.29) is 0 Å². The van der Waals surface area contributed by atoms with Crippen LogP contribution in [-0.2, 0) is 6.54 Å². The van der Waals surface area contributed by atoms with E-state index in [1.807, 2.05) is 5.51 Å². The van der Waals surface area contributed by atoms with Gasteiger partial charge in [0.25, 0.3) is 0 Å². The molecular weight excluding hydrogens is 292 g/mol. The maximum Gasteiger partial charge on any atom is 0.0798 e. The van der Waals surface area contributed by atoms with E-state index < -0.39 is 0 Å². The van der Waals surface area contributed by atoms with E-state index in [0.29, 0.717) is 0 Å². The van der Waals surface area contributed by atoms with Gasteiger partial charge in [0, 0.05) is 31.1 Å². The molecule has 3 heterocycles. The van der Waals surface area contributed by atoms with Gasteiger partial charge in [-0.3, -0.25) is 0 Å². The highest BCUT2D eigenvalue weighted by atomic mass is 32.1. The van der Waals surface area contributed by atoms with Crippen molar-refractivity contribution < 1.29 is 0 Å². The second kappa shape index (κ2) is 7.86. The maximum atomic E-state index is 4.36. The molecule has 0 radical (unpaired) electrons. The van der Waals surface area contributed by atoms with Crippen molar-refractivity contribution in [1.82, 2.24) is 20.1 Å². The summed E-state index contributed by atoms with van der Waals surface area (Å²) in [4.78, 5) is 11.0. The van der Waals surface area contributed by atoms with Crippen molar-refractivity contribution in [2.45, 2.75) is 32.7 Å². The molecule has 0 amide bonds. The lowest BCUT2D eigenvalue weighted by Crippen LogP contribution is -2.38. The first-order valence-electron chi connectivity index (χ1n) is 8.71. The van der Waals surface area contributed by atoms with Gasteiger partial charge in [0.1, 0.15) is 0 Å². The Kier molecular flexibility index (Phi) is 5.85. The molecule has 1 aromatic rings. The second-order valence-electron chi connectivity index (χ2n) is 7.18. The van der Waals surface area contributed by atoms with Crippen molar-refractivity contribution in [3.63, 3.8) is 0 Å². The normalized spacial score (nSPS) is 26.9. The predicted molar refractivity (Wildman–Crippen MR) is 93.3 cm³/mol. The molecule has 2 aliphatic rings. The Labute approximate surface area is 138 Å². The van der Waals surface area contributed by atoms with Crippen molar-refractivity contribution in [2.24, 2.45) is 11.8 Å². The fourth-order valence-electron chi connectivity index (χ4n) is 3.90. The first kappa shape index (κ1) is 16.4. The summed E-state index contributed by atoms with van der Waals surface area (Å²) in [5, 5.41) is 3.54. The Bertz CT molecular complexity index is 455. The third-order valence-electron chi connectivity index (χ3n) is 5.11. The van der Waals surface area contributed by atoms with Crippen molar-refractivity contribution in [2.75, 3.05) is 46.3 Å². The topological polar surface area (TPSA) is 31.4 Å². The molecule has 0 aliphatic carbocycles. The van der Waals surface area contributed by atoms with Gasteiger partial charge in [-0.1, -0.05) is 0 Å². The van der Waals surface area contributed by atoms with Crippen molar-refractivity contribution in [3.05, 3.63) is 16.1 Å². The summed E-state index contributed by atoms with van der Waals surface area (Å²) in [5.74, 6) is 1.72. The molecule has 0 aromatic carbocycles. The van der Waals surface area contributed by atoms with Crippen LogP contribution in [0.3, 0.4) is 0 Å². The molecule has 2 atom stereocenters. The van der Waals surface area contributed by atoms with Crippen molar-refractivity contribution in [3.8, 4) is 0 Å². The van der Waals surface area contributed by atoms with Gasteiger partial charge in [-0.25, -0.2) is 4.98 Å².